The lowest BCUT2D eigenvalue weighted by molar-refractivity contribution is -0.138. The lowest BCUT2D eigenvalue weighted by Crippen LogP contribution is -2.52. The fourth-order valence-electron chi connectivity index (χ4n) is 1.67. The molecular weight excluding hydrogens is 262 g/mol. The Morgan fingerprint density at radius 1 is 1.35 bits per heavy atom. The van der Waals surface area contributed by atoms with Crippen LogP contribution in [0.2, 0.25) is 0 Å². The van der Waals surface area contributed by atoms with Gasteiger partial charge in [0.05, 0.1) is 6.54 Å². The number of hydrogen-bond acceptors (Lipinski definition) is 4. The van der Waals surface area contributed by atoms with Crippen LogP contribution in [0, 0.1) is 6.92 Å². The van der Waals surface area contributed by atoms with E-state index in [9.17, 15) is 9.59 Å². The van der Waals surface area contributed by atoms with Gasteiger partial charge < -0.3 is 14.9 Å². The fraction of sp³-hybridized carbons (Fsp3) is 0.667. The Morgan fingerprint density at radius 2 is 1.95 bits per heavy atom. The number of aliphatic carboxylic acids is 1. The van der Waals surface area contributed by atoms with Crippen molar-refractivity contribution in [2.24, 2.45) is 0 Å². The van der Waals surface area contributed by atoms with Crippen LogP contribution in [0.5, 0.6) is 0 Å². The van der Waals surface area contributed by atoms with E-state index in [0.717, 1.165) is 0 Å². The molecule has 20 heavy (non-hydrogen) atoms. The minimum Gasteiger partial charge on any atom is -0.480 e. The van der Waals surface area contributed by atoms with E-state index in [1.165, 1.54) is 9.80 Å². The van der Waals surface area contributed by atoms with Crippen molar-refractivity contribution < 1.29 is 14.7 Å². The molecule has 0 bridgehead atoms. The molecule has 0 spiro atoms. The van der Waals surface area contributed by atoms with E-state index in [-0.39, 0.29) is 19.1 Å². The highest BCUT2D eigenvalue weighted by molar-refractivity contribution is 5.80. The van der Waals surface area contributed by atoms with Crippen LogP contribution in [-0.2, 0) is 11.3 Å². The number of carbonyl (C=O) groups is 2. The Balaban J connectivity index is 2.80. The molecule has 0 aliphatic heterocycles. The molecular formula is C12H21N5O3. The molecule has 1 heterocycles. The Kier molecular flexibility index (Phi) is 4.69. The quantitative estimate of drug-likeness (QED) is 0.852. The second-order valence-electron chi connectivity index (χ2n) is 5.63. The third-order valence-electron chi connectivity index (χ3n) is 2.68. The van der Waals surface area contributed by atoms with Gasteiger partial charge in [-0.1, -0.05) is 0 Å². The number of H-pyrrole nitrogens is 1. The van der Waals surface area contributed by atoms with E-state index in [4.69, 9.17) is 5.11 Å². The fourth-order valence-corrected chi connectivity index (χ4v) is 1.67. The van der Waals surface area contributed by atoms with Gasteiger partial charge in [-0.05, 0) is 27.7 Å². The summed E-state index contributed by atoms with van der Waals surface area (Å²) in [5.41, 5.74) is -0.585. The van der Waals surface area contributed by atoms with E-state index >= 15 is 0 Å². The van der Waals surface area contributed by atoms with Gasteiger partial charge in [-0.3, -0.25) is 9.89 Å². The first kappa shape index (κ1) is 15.9. The lowest BCUT2D eigenvalue weighted by Gasteiger charge is -2.36. The summed E-state index contributed by atoms with van der Waals surface area (Å²) >= 11 is 0. The summed E-state index contributed by atoms with van der Waals surface area (Å²) in [4.78, 5) is 30.1. The second kappa shape index (κ2) is 5.89. The topological polar surface area (TPSA) is 102 Å². The zero-order chi connectivity index (χ0) is 15.5. The van der Waals surface area contributed by atoms with Crippen molar-refractivity contribution in [3.05, 3.63) is 11.6 Å². The predicted molar refractivity (Wildman–Crippen MR) is 72.1 cm³/mol. The minimum atomic E-state index is -1.05. The molecule has 8 heteroatoms. The van der Waals surface area contributed by atoms with Crippen molar-refractivity contribution in [2.75, 3.05) is 13.6 Å². The average molecular weight is 283 g/mol. The SMILES string of the molecule is Cc1nc(CN(C)C(=O)N(CC(=O)O)C(C)(C)C)n[nH]1. The summed E-state index contributed by atoms with van der Waals surface area (Å²) in [7, 11) is 1.59. The first-order valence-corrected chi connectivity index (χ1v) is 6.23. The normalized spacial score (nSPS) is 11.2. The molecule has 2 amide bonds. The minimum absolute atomic E-state index is 0.218. The molecule has 0 atom stereocenters. The molecule has 0 fully saturated rings. The summed E-state index contributed by atoms with van der Waals surface area (Å²) in [6.45, 7) is 7.01. The van der Waals surface area contributed by atoms with Crippen molar-refractivity contribution >= 4 is 12.0 Å². The van der Waals surface area contributed by atoms with Crippen LogP contribution in [0.4, 0.5) is 4.79 Å². The van der Waals surface area contributed by atoms with E-state index in [1.807, 2.05) is 0 Å². The molecule has 0 unspecified atom stereocenters. The first-order valence-electron chi connectivity index (χ1n) is 6.23. The zero-order valence-corrected chi connectivity index (χ0v) is 12.5. The molecule has 1 aromatic heterocycles. The molecule has 2 N–H and O–H groups in total. The Bertz CT molecular complexity index is 492. The number of urea groups is 1. The zero-order valence-electron chi connectivity index (χ0n) is 12.5. The third-order valence-corrected chi connectivity index (χ3v) is 2.68. The van der Waals surface area contributed by atoms with Gasteiger partial charge in [0.25, 0.3) is 0 Å². The van der Waals surface area contributed by atoms with Crippen molar-refractivity contribution in [1.82, 2.24) is 25.0 Å². The Morgan fingerprint density at radius 3 is 2.35 bits per heavy atom. The maximum Gasteiger partial charge on any atom is 0.323 e. The highest BCUT2D eigenvalue weighted by Gasteiger charge is 2.30. The number of aryl methyl sites for hydroxylation is 1. The second-order valence-corrected chi connectivity index (χ2v) is 5.63. The van der Waals surface area contributed by atoms with Gasteiger partial charge in [-0.2, -0.15) is 5.10 Å². The lowest BCUT2D eigenvalue weighted by atomic mass is 10.1. The van der Waals surface area contributed by atoms with Crippen molar-refractivity contribution in [1.29, 1.82) is 0 Å². The molecule has 112 valence electrons. The van der Waals surface area contributed by atoms with Crippen LogP contribution < -0.4 is 0 Å². The third kappa shape index (κ3) is 4.22. The standard InChI is InChI=1S/C12H21N5O3/c1-8-13-9(15-14-8)6-16(5)11(20)17(7-10(18)19)12(2,3)4/h6-7H2,1-5H3,(H,18,19)(H,13,14,15). The highest BCUT2D eigenvalue weighted by atomic mass is 16.4. The van der Waals surface area contributed by atoms with Gasteiger partial charge in [-0.25, -0.2) is 9.78 Å². The van der Waals surface area contributed by atoms with Crippen LogP contribution in [-0.4, -0.2) is 61.2 Å². The number of carboxylic acids is 1. The van der Waals surface area contributed by atoms with Crippen LogP contribution in [0.15, 0.2) is 0 Å². The van der Waals surface area contributed by atoms with Crippen LogP contribution in [0.25, 0.3) is 0 Å². The number of hydrogen-bond donors (Lipinski definition) is 2. The number of carbonyl (C=O) groups excluding carboxylic acids is 1. The van der Waals surface area contributed by atoms with Gasteiger partial charge in [0.1, 0.15) is 12.4 Å². The smallest absolute Gasteiger partial charge is 0.323 e. The van der Waals surface area contributed by atoms with Crippen molar-refractivity contribution in [3.8, 4) is 0 Å². The molecule has 0 saturated carbocycles. The summed E-state index contributed by atoms with van der Waals surface area (Å²) in [6, 6.07) is -0.373. The number of amides is 2. The highest BCUT2D eigenvalue weighted by Crippen LogP contribution is 2.15. The van der Waals surface area contributed by atoms with Crippen molar-refractivity contribution in [2.45, 2.75) is 39.8 Å². The molecule has 0 aliphatic carbocycles. The van der Waals surface area contributed by atoms with Crippen molar-refractivity contribution in [3.63, 3.8) is 0 Å². The van der Waals surface area contributed by atoms with E-state index < -0.39 is 11.5 Å². The monoisotopic (exact) mass is 283 g/mol. The summed E-state index contributed by atoms with van der Waals surface area (Å²) in [5.74, 6) is 0.108. The van der Waals surface area contributed by atoms with Crippen LogP contribution >= 0.6 is 0 Å². The Hall–Kier alpha value is -2.12. The molecule has 0 radical (unpaired) electrons. The summed E-state index contributed by atoms with van der Waals surface area (Å²) in [6.07, 6.45) is 0. The maximum atomic E-state index is 12.4. The first-order chi connectivity index (χ1) is 9.11. The van der Waals surface area contributed by atoms with Crippen LogP contribution in [0.1, 0.15) is 32.4 Å². The molecule has 1 rings (SSSR count). The van der Waals surface area contributed by atoms with Gasteiger partial charge in [0.15, 0.2) is 5.82 Å². The number of nitrogens with one attached hydrogen (secondary N) is 1. The molecule has 8 nitrogen and oxygen atoms in total. The number of rotatable bonds is 4. The average Bonchev–Trinajstić information content (AvgIpc) is 2.69. The molecule has 0 aromatic carbocycles. The number of aromatic nitrogens is 3. The molecule has 0 aliphatic rings. The maximum absolute atomic E-state index is 12.4. The van der Waals surface area contributed by atoms with Gasteiger partial charge in [-0.15, -0.1) is 0 Å². The molecule has 1 aromatic rings. The van der Waals surface area contributed by atoms with E-state index in [1.54, 1.807) is 34.7 Å². The number of carboxylic acid groups (broad SMARTS) is 1. The van der Waals surface area contributed by atoms with E-state index in [0.29, 0.717) is 11.6 Å². The summed E-state index contributed by atoms with van der Waals surface area (Å²) < 4.78 is 0. The Labute approximate surface area is 117 Å². The number of nitrogens with zero attached hydrogens (tertiary/aromatic N) is 4. The van der Waals surface area contributed by atoms with Gasteiger partial charge in [0.2, 0.25) is 0 Å². The van der Waals surface area contributed by atoms with Gasteiger partial charge >= 0.3 is 12.0 Å². The van der Waals surface area contributed by atoms with E-state index in [2.05, 4.69) is 15.2 Å². The predicted octanol–water partition coefficient (Wildman–Crippen LogP) is 0.850. The molecule has 0 saturated heterocycles. The summed E-state index contributed by atoms with van der Waals surface area (Å²) in [5, 5.41) is 15.6. The van der Waals surface area contributed by atoms with Gasteiger partial charge in [0, 0.05) is 12.6 Å². The largest absolute Gasteiger partial charge is 0.480 e. The van der Waals surface area contributed by atoms with Crippen LogP contribution in [0.3, 0.4) is 0 Å². The number of aromatic amines is 1.